The van der Waals surface area contributed by atoms with Crippen LogP contribution in [0.1, 0.15) is 24.7 Å². The van der Waals surface area contributed by atoms with E-state index in [9.17, 15) is 0 Å². The normalized spacial score (nSPS) is 10.8. The third kappa shape index (κ3) is 3.13. The third-order valence-corrected chi connectivity index (χ3v) is 2.60. The summed E-state index contributed by atoms with van der Waals surface area (Å²) >= 11 is 0. The van der Waals surface area contributed by atoms with Crippen molar-refractivity contribution in [1.29, 1.82) is 0 Å². The monoisotopic (exact) mass is 245 g/mol. The van der Waals surface area contributed by atoms with E-state index in [0.29, 0.717) is 0 Å². The van der Waals surface area contributed by atoms with Crippen LogP contribution in [-0.4, -0.2) is 26.3 Å². The summed E-state index contributed by atoms with van der Waals surface area (Å²) in [6.07, 6.45) is 4.84. The van der Waals surface area contributed by atoms with Gasteiger partial charge in [-0.1, -0.05) is 6.92 Å². The smallest absolute Gasteiger partial charge is 0.162 e. The van der Waals surface area contributed by atoms with E-state index >= 15 is 0 Å². The third-order valence-electron chi connectivity index (χ3n) is 2.60. The molecular weight excluding hydrogens is 226 g/mol. The van der Waals surface area contributed by atoms with Crippen molar-refractivity contribution in [3.05, 3.63) is 29.8 Å². The molecule has 0 fully saturated rings. The highest BCUT2D eigenvalue weighted by molar-refractivity contribution is 5.52. The van der Waals surface area contributed by atoms with Crippen LogP contribution in [0, 0.1) is 6.92 Å². The van der Waals surface area contributed by atoms with Gasteiger partial charge in [-0.15, -0.1) is 0 Å². The molecule has 2 aromatic rings. The van der Waals surface area contributed by atoms with E-state index in [-0.39, 0.29) is 0 Å². The molecule has 0 amide bonds. The quantitative estimate of drug-likeness (QED) is 0.814. The Kier molecular flexibility index (Phi) is 4.04. The number of aromatic nitrogens is 4. The van der Waals surface area contributed by atoms with Crippen LogP contribution in [0.25, 0.3) is 11.4 Å². The first kappa shape index (κ1) is 12.7. The number of nitrogens with zero attached hydrogens (tertiary/aromatic N) is 4. The predicted octanol–water partition coefficient (Wildman–Crippen LogP) is 1.69. The van der Waals surface area contributed by atoms with Gasteiger partial charge in [-0.25, -0.2) is 9.97 Å². The van der Waals surface area contributed by atoms with Gasteiger partial charge in [0.15, 0.2) is 5.82 Å². The predicted molar refractivity (Wildman–Crippen MR) is 71.0 cm³/mol. The molecule has 1 N–H and O–H groups in total. The van der Waals surface area contributed by atoms with Crippen LogP contribution in [0.3, 0.4) is 0 Å². The standard InChI is InChI=1S/C13H19N5/c1-4-5-14-8-12-6-10(2)16-13(17-12)11-7-15-18(3)9-11/h6-7,9,14H,4-5,8H2,1-3H3. The summed E-state index contributed by atoms with van der Waals surface area (Å²) in [5, 5.41) is 7.50. The summed E-state index contributed by atoms with van der Waals surface area (Å²) in [5.41, 5.74) is 2.96. The Morgan fingerprint density at radius 2 is 2.17 bits per heavy atom. The van der Waals surface area contributed by atoms with Crippen LogP contribution in [0.15, 0.2) is 18.5 Å². The van der Waals surface area contributed by atoms with Gasteiger partial charge in [0.25, 0.3) is 0 Å². The van der Waals surface area contributed by atoms with E-state index in [1.807, 2.05) is 26.2 Å². The maximum Gasteiger partial charge on any atom is 0.162 e. The largest absolute Gasteiger partial charge is 0.311 e. The Morgan fingerprint density at radius 3 is 2.83 bits per heavy atom. The highest BCUT2D eigenvalue weighted by Gasteiger charge is 2.06. The molecule has 0 aliphatic carbocycles. The van der Waals surface area contributed by atoms with Gasteiger partial charge >= 0.3 is 0 Å². The lowest BCUT2D eigenvalue weighted by Gasteiger charge is -2.05. The topological polar surface area (TPSA) is 55.6 Å². The van der Waals surface area contributed by atoms with Gasteiger partial charge in [0.2, 0.25) is 0 Å². The molecule has 5 nitrogen and oxygen atoms in total. The molecule has 0 unspecified atom stereocenters. The fourth-order valence-electron chi connectivity index (χ4n) is 1.78. The average molecular weight is 245 g/mol. The van der Waals surface area contributed by atoms with Crippen LogP contribution in [0.5, 0.6) is 0 Å². The first-order valence-electron chi connectivity index (χ1n) is 6.23. The molecule has 0 radical (unpaired) electrons. The number of hydrogen-bond acceptors (Lipinski definition) is 4. The van der Waals surface area contributed by atoms with E-state index in [4.69, 9.17) is 0 Å². The maximum atomic E-state index is 4.56. The van der Waals surface area contributed by atoms with Crippen LogP contribution in [-0.2, 0) is 13.6 Å². The summed E-state index contributed by atoms with van der Waals surface area (Å²) in [5.74, 6) is 0.747. The molecule has 0 saturated carbocycles. The zero-order chi connectivity index (χ0) is 13.0. The van der Waals surface area contributed by atoms with Gasteiger partial charge in [0.1, 0.15) is 0 Å². The molecule has 2 heterocycles. The Labute approximate surface area is 107 Å². The molecule has 18 heavy (non-hydrogen) atoms. The Hall–Kier alpha value is -1.75. The molecular formula is C13H19N5. The second-order valence-corrected chi connectivity index (χ2v) is 4.40. The zero-order valence-corrected chi connectivity index (χ0v) is 11.1. The van der Waals surface area contributed by atoms with Crippen molar-refractivity contribution in [2.75, 3.05) is 6.54 Å². The van der Waals surface area contributed by atoms with Crippen molar-refractivity contribution >= 4 is 0 Å². The fourth-order valence-corrected chi connectivity index (χ4v) is 1.78. The molecule has 96 valence electrons. The minimum absolute atomic E-state index is 0.747. The molecule has 0 saturated heterocycles. The fraction of sp³-hybridized carbons (Fsp3) is 0.462. The van der Waals surface area contributed by atoms with Crippen molar-refractivity contribution in [2.24, 2.45) is 7.05 Å². The first-order valence-corrected chi connectivity index (χ1v) is 6.23. The van der Waals surface area contributed by atoms with Crippen LogP contribution in [0.2, 0.25) is 0 Å². The Balaban J connectivity index is 2.21. The number of aryl methyl sites for hydroxylation is 2. The van der Waals surface area contributed by atoms with Crippen LogP contribution >= 0.6 is 0 Å². The van der Waals surface area contributed by atoms with E-state index in [1.165, 1.54) is 0 Å². The van der Waals surface area contributed by atoms with Gasteiger partial charge in [-0.2, -0.15) is 5.10 Å². The van der Waals surface area contributed by atoms with Gasteiger partial charge in [0, 0.05) is 25.5 Å². The average Bonchev–Trinajstić information content (AvgIpc) is 2.76. The zero-order valence-electron chi connectivity index (χ0n) is 11.1. The molecule has 2 aromatic heterocycles. The van der Waals surface area contributed by atoms with Crippen LogP contribution in [0.4, 0.5) is 0 Å². The minimum atomic E-state index is 0.747. The molecule has 0 aliphatic heterocycles. The van der Waals surface area contributed by atoms with E-state index in [1.54, 1.807) is 10.9 Å². The number of hydrogen-bond donors (Lipinski definition) is 1. The molecule has 2 rings (SSSR count). The maximum absolute atomic E-state index is 4.56. The van der Waals surface area contributed by atoms with Crippen molar-refractivity contribution in [2.45, 2.75) is 26.8 Å². The molecule has 0 bridgehead atoms. The van der Waals surface area contributed by atoms with Crippen molar-refractivity contribution in [3.8, 4) is 11.4 Å². The lowest BCUT2D eigenvalue weighted by atomic mass is 10.2. The number of nitrogens with one attached hydrogen (secondary N) is 1. The minimum Gasteiger partial charge on any atom is -0.311 e. The SMILES string of the molecule is CCCNCc1cc(C)nc(-c2cnn(C)c2)n1. The first-order chi connectivity index (χ1) is 8.69. The summed E-state index contributed by atoms with van der Waals surface area (Å²) in [6, 6.07) is 2.02. The van der Waals surface area contributed by atoms with Crippen molar-refractivity contribution in [3.63, 3.8) is 0 Å². The van der Waals surface area contributed by atoms with Crippen molar-refractivity contribution < 1.29 is 0 Å². The van der Waals surface area contributed by atoms with E-state index in [0.717, 1.165) is 42.3 Å². The summed E-state index contributed by atoms with van der Waals surface area (Å²) < 4.78 is 1.76. The van der Waals surface area contributed by atoms with Gasteiger partial charge < -0.3 is 5.32 Å². The lowest BCUT2D eigenvalue weighted by Crippen LogP contribution is -2.15. The van der Waals surface area contributed by atoms with Gasteiger partial charge in [-0.3, -0.25) is 4.68 Å². The van der Waals surface area contributed by atoms with Crippen molar-refractivity contribution in [1.82, 2.24) is 25.1 Å². The number of rotatable bonds is 5. The Morgan fingerprint density at radius 1 is 1.33 bits per heavy atom. The molecule has 0 spiro atoms. The molecule has 0 aliphatic rings. The van der Waals surface area contributed by atoms with E-state index in [2.05, 4.69) is 27.3 Å². The highest BCUT2D eigenvalue weighted by Crippen LogP contribution is 2.14. The second kappa shape index (κ2) is 5.73. The molecule has 0 aromatic carbocycles. The van der Waals surface area contributed by atoms with Gasteiger partial charge in [0.05, 0.1) is 17.5 Å². The summed E-state index contributed by atoms with van der Waals surface area (Å²) in [7, 11) is 1.89. The summed E-state index contributed by atoms with van der Waals surface area (Å²) in [6.45, 7) is 5.93. The Bertz CT molecular complexity index is 518. The lowest BCUT2D eigenvalue weighted by molar-refractivity contribution is 0.662. The van der Waals surface area contributed by atoms with Gasteiger partial charge in [-0.05, 0) is 26.0 Å². The molecule has 0 atom stereocenters. The summed E-state index contributed by atoms with van der Waals surface area (Å²) in [4.78, 5) is 9.02. The highest BCUT2D eigenvalue weighted by atomic mass is 15.2. The second-order valence-electron chi connectivity index (χ2n) is 4.40. The van der Waals surface area contributed by atoms with Crippen LogP contribution < -0.4 is 5.32 Å². The van der Waals surface area contributed by atoms with E-state index < -0.39 is 0 Å². The molecule has 5 heteroatoms.